The maximum absolute atomic E-state index is 5.77. The third-order valence-corrected chi connectivity index (χ3v) is 4.58. The van der Waals surface area contributed by atoms with Gasteiger partial charge in [0, 0.05) is 11.8 Å². The van der Waals surface area contributed by atoms with Crippen molar-refractivity contribution in [1.29, 1.82) is 0 Å². The van der Waals surface area contributed by atoms with Gasteiger partial charge in [0.25, 0.3) is 0 Å². The van der Waals surface area contributed by atoms with Crippen molar-refractivity contribution in [3.63, 3.8) is 0 Å². The maximum atomic E-state index is 5.77. The summed E-state index contributed by atoms with van der Waals surface area (Å²) in [5.74, 6) is 1.56. The highest BCUT2D eigenvalue weighted by atomic mass is 79.9. The van der Waals surface area contributed by atoms with E-state index < -0.39 is 0 Å². The Hall–Kier alpha value is -2.35. The Balaban J connectivity index is 2.12. The van der Waals surface area contributed by atoms with Crippen LogP contribution in [0.4, 0.5) is 5.95 Å². The summed E-state index contributed by atoms with van der Waals surface area (Å²) in [5, 5.41) is 0.896. The van der Waals surface area contributed by atoms with Gasteiger partial charge in [0.2, 0.25) is 11.8 Å². The predicted octanol–water partition coefficient (Wildman–Crippen LogP) is 2.85. The second-order valence-electron chi connectivity index (χ2n) is 5.40. The van der Waals surface area contributed by atoms with Crippen molar-refractivity contribution in [3.8, 4) is 11.6 Å². The molecule has 0 saturated carbocycles. The van der Waals surface area contributed by atoms with E-state index in [0.29, 0.717) is 17.0 Å². The summed E-state index contributed by atoms with van der Waals surface area (Å²) in [5.41, 5.74) is 9.21. The Morgan fingerprint density at radius 2 is 1.88 bits per heavy atom. The Morgan fingerprint density at radius 1 is 1.12 bits per heavy atom. The summed E-state index contributed by atoms with van der Waals surface area (Å²) in [4.78, 5) is 13.1. The van der Waals surface area contributed by atoms with Gasteiger partial charge in [-0.15, -0.1) is 0 Å². The maximum Gasteiger partial charge on any atom is 0.223 e. The molecule has 0 fully saturated rings. The topological polar surface area (TPSA) is 88.1 Å². The van der Waals surface area contributed by atoms with E-state index >= 15 is 0 Å². The minimum Gasteiger partial charge on any atom is -0.496 e. The van der Waals surface area contributed by atoms with E-state index in [0.717, 1.165) is 33.6 Å². The van der Waals surface area contributed by atoms with E-state index in [9.17, 15) is 0 Å². The fourth-order valence-electron chi connectivity index (χ4n) is 2.79. The number of hydrogen-bond donors (Lipinski definition) is 1. The highest BCUT2D eigenvalue weighted by molar-refractivity contribution is 9.10. The third-order valence-electron chi connectivity index (χ3n) is 3.98. The van der Waals surface area contributed by atoms with Crippen LogP contribution in [0.25, 0.3) is 11.0 Å². The molecule has 0 aliphatic heterocycles. The molecule has 0 radical (unpaired) electrons. The lowest BCUT2D eigenvalue weighted by Crippen LogP contribution is -2.08. The lowest BCUT2D eigenvalue weighted by molar-refractivity contribution is 0.372. The number of aromatic nitrogens is 4. The largest absolute Gasteiger partial charge is 0.496 e. The number of anilines is 1. The van der Waals surface area contributed by atoms with Crippen LogP contribution in [-0.4, -0.2) is 33.7 Å². The number of pyridine rings is 1. The highest BCUT2D eigenvalue weighted by Gasteiger charge is 2.17. The molecule has 0 amide bonds. The van der Waals surface area contributed by atoms with Crippen LogP contribution in [0.3, 0.4) is 0 Å². The van der Waals surface area contributed by atoms with Gasteiger partial charge >= 0.3 is 0 Å². The average molecular weight is 392 g/mol. The molecule has 2 N–H and O–H groups in total. The number of nitrogens with zero attached hydrogens (tertiary/aromatic N) is 4. The average Bonchev–Trinajstić information content (AvgIpc) is 2.93. The molecular weight excluding hydrogens is 374 g/mol. The van der Waals surface area contributed by atoms with Crippen LogP contribution >= 0.6 is 15.9 Å². The fraction of sp³-hybridized carbons (Fsp3) is 0.312. The smallest absolute Gasteiger partial charge is 0.223 e. The Morgan fingerprint density at radius 3 is 2.54 bits per heavy atom. The molecule has 0 saturated heterocycles. The predicted molar refractivity (Wildman–Crippen MR) is 95.6 cm³/mol. The van der Waals surface area contributed by atoms with Crippen molar-refractivity contribution >= 4 is 32.9 Å². The van der Waals surface area contributed by atoms with E-state index in [1.165, 1.54) is 0 Å². The molecule has 0 aliphatic carbocycles. The lowest BCUT2D eigenvalue weighted by Gasteiger charge is -2.16. The molecule has 0 aliphatic rings. The Labute approximate surface area is 148 Å². The summed E-state index contributed by atoms with van der Waals surface area (Å²) < 4.78 is 13.5. The van der Waals surface area contributed by atoms with Gasteiger partial charge in [0.1, 0.15) is 16.0 Å². The summed E-state index contributed by atoms with van der Waals surface area (Å²) in [6.07, 6.45) is 1.93. The first kappa shape index (κ1) is 16.5. The number of halogens is 1. The first-order valence-corrected chi connectivity index (χ1v) is 8.11. The number of nitrogen functional groups attached to an aromatic ring is 1. The van der Waals surface area contributed by atoms with Crippen molar-refractivity contribution in [2.75, 3.05) is 20.0 Å². The van der Waals surface area contributed by atoms with Crippen LogP contribution in [0, 0.1) is 13.8 Å². The second-order valence-corrected chi connectivity index (χ2v) is 6.16. The zero-order valence-electron chi connectivity index (χ0n) is 13.9. The molecule has 126 valence electrons. The minimum absolute atomic E-state index is 0.220. The quantitative estimate of drug-likeness (QED) is 0.687. The van der Waals surface area contributed by atoms with Gasteiger partial charge in [-0.1, -0.05) is 0 Å². The SMILES string of the molecule is COc1nc(Cn2ccc3c(Br)nc(N)nc32)c(C)c(OC)c1C. The first-order valence-electron chi connectivity index (χ1n) is 7.32. The highest BCUT2D eigenvalue weighted by Crippen LogP contribution is 2.32. The third kappa shape index (κ3) is 2.66. The van der Waals surface area contributed by atoms with E-state index in [-0.39, 0.29) is 5.95 Å². The molecule has 3 heterocycles. The molecular formula is C16H18BrN5O2. The molecule has 8 heteroatoms. The van der Waals surface area contributed by atoms with Crippen LogP contribution in [-0.2, 0) is 6.54 Å². The van der Waals surface area contributed by atoms with Crippen LogP contribution < -0.4 is 15.2 Å². The monoisotopic (exact) mass is 391 g/mol. The number of rotatable bonds is 4. The molecule has 7 nitrogen and oxygen atoms in total. The molecule has 3 aromatic heterocycles. The summed E-state index contributed by atoms with van der Waals surface area (Å²) in [7, 11) is 3.25. The van der Waals surface area contributed by atoms with Crippen molar-refractivity contribution in [1.82, 2.24) is 19.5 Å². The summed E-state index contributed by atoms with van der Waals surface area (Å²) in [6, 6.07) is 1.94. The normalized spacial score (nSPS) is 11.0. The van der Waals surface area contributed by atoms with E-state index in [2.05, 4.69) is 30.9 Å². The number of hydrogen-bond acceptors (Lipinski definition) is 6. The van der Waals surface area contributed by atoms with Gasteiger partial charge in [0.15, 0.2) is 0 Å². The van der Waals surface area contributed by atoms with Crippen molar-refractivity contribution in [3.05, 3.63) is 33.7 Å². The first-order chi connectivity index (χ1) is 11.5. The molecule has 0 spiro atoms. The van der Waals surface area contributed by atoms with Gasteiger partial charge in [-0.05, 0) is 35.8 Å². The van der Waals surface area contributed by atoms with Crippen molar-refractivity contribution < 1.29 is 9.47 Å². The van der Waals surface area contributed by atoms with Gasteiger partial charge in [-0.2, -0.15) is 4.98 Å². The lowest BCUT2D eigenvalue weighted by atomic mass is 10.1. The number of fused-ring (bicyclic) bond motifs is 1. The zero-order valence-corrected chi connectivity index (χ0v) is 15.5. The van der Waals surface area contributed by atoms with Crippen LogP contribution in [0.5, 0.6) is 11.6 Å². The standard InChI is InChI=1S/C16H18BrN5O2/c1-8-11(19-15(24-4)9(2)12(8)23-3)7-22-6-5-10-13(17)20-16(18)21-14(10)22/h5-6H,7H2,1-4H3,(H2,18,20,21). The van der Waals surface area contributed by atoms with Crippen LogP contribution in [0.2, 0.25) is 0 Å². The molecule has 3 rings (SSSR count). The number of ether oxygens (including phenoxy) is 2. The summed E-state index contributed by atoms with van der Waals surface area (Å²) in [6.45, 7) is 4.43. The van der Waals surface area contributed by atoms with E-state index in [4.69, 9.17) is 15.2 Å². The molecule has 0 unspecified atom stereocenters. The fourth-order valence-corrected chi connectivity index (χ4v) is 3.28. The van der Waals surface area contributed by atoms with Crippen LogP contribution in [0.1, 0.15) is 16.8 Å². The molecule has 3 aromatic rings. The van der Waals surface area contributed by atoms with E-state index in [1.54, 1.807) is 14.2 Å². The zero-order chi connectivity index (χ0) is 17.4. The molecule has 24 heavy (non-hydrogen) atoms. The Bertz CT molecular complexity index is 923. The van der Waals surface area contributed by atoms with Crippen molar-refractivity contribution in [2.45, 2.75) is 20.4 Å². The number of methoxy groups -OCH3 is 2. The van der Waals surface area contributed by atoms with Gasteiger partial charge in [0.05, 0.1) is 37.4 Å². The Kier molecular flexibility index (Phi) is 4.31. The molecule has 0 atom stereocenters. The number of nitrogens with two attached hydrogens (primary N) is 1. The van der Waals surface area contributed by atoms with E-state index in [1.807, 2.05) is 30.7 Å². The van der Waals surface area contributed by atoms with Gasteiger partial charge in [-0.3, -0.25) is 0 Å². The second kappa shape index (κ2) is 6.27. The van der Waals surface area contributed by atoms with Crippen molar-refractivity contribution in [2.24, 2.45) is 0 Å². The molecule has 0 aromatic carbocycles. The molecule has 0 bridgehead atoms. The van der Waals surface area contributed by atoms with Gasteiger partial charge < -0.3 is 19.8 Å². The van der Waals surface area contributed by atoms with Crippen LogP contribution in [0.15, 0.2) is 16.9 Å². The van der Waals surface area contributed by atoms with Gasteiger partial charge in [-0.25, -0.2) is 9.97 Å². The summed E-state index contributed by atoms with van der Waals surface area (Å²) >= 11 is 3.42. The minimum atomic E-state index is 0.220.